The zero-order valence-electron chi connectivity index (χ0n) is 11.7. The van der Waals surface area contributed by atoms with E-state index < -0.39 is 11.4 Å². The number of rotatable bonds is 5. The molecule has 0 saturated heterocycles. The third-order valence-electron chi connectivity index (χ3n) is 4.21. The van der Waals surface area contributed by atoms with Crippen LogP contribution in [0.1, 0.15) is 43.9 Å². The van der Waals surface area contributed by atoms with Gasteiger partial charge in [0.2, 0.25) is 5.91 Å². The van der Waals surface area contributed by atoms with Crippen LogP contribution in [-0.2, 0) is 16.0 Å². The lowest BCUT2D eigenvalue weighted by Gasteiger charge is -2.38. The maximum atomic E-state index is 12.0. The zero-order chi connectivity index (χ0) is 14.6. The summed E-state index contributed by atoms with van der Waals surface area (Å²) in [5.41, 5.74) is -0.823. The first kappa shape index (κ1) is 15.0. The second kappa shape index (κ2) is 6.39. The summed E-state index contributed by atoms with van der Waals surface area (Å²) < 4.78 is 0. The Hall–Kier alpha value is -1.36. The predicted octanol–water partition coefficient (Wildman–Crippen LogP) is 2.83. The number of carboxylic acids is 1. The highest BCUT2D eigenvalue weighted by molar-refractivity contribution is 7.09. The lowest BCUT2D eigenvalue weighted by Crippen LogP contribution is -2.52. The molecule has 2 unspecified atom stereocenters. The van der Waals surface area contributed by atoms with Gasteiger partial charge in [0.1, 0.15) is 0 Å². The molecule has 2 N–H and O–H groups in total. The highest BCUT2D eigenvalue weighted by atomic mass is 32.1. The van der Waals surface area contributed by atoms with Crippen molar-refractivity contribution in [2.45, 2.75) is 51.5 Å². The second-order valence-corrected chi connectivity index (χ2v) is 6.70. The second-order valence-electron chi connectivity index (χ2n) is 5.67. The van der Waals surface area contributed by atoms with Crippen molar-refractivity contribution < 1.29 is 14.7 Å². The predicted molar refractivity (Wildman–Crippen MR) is 78.8 cm³/mol. The minimum atomic E-state index is -0.823. The Labute approximate surface area is 123 Å². The highest BCUT2D eigenvalue weighted by Crippen LogP contribution is 2.36. The third-order valence-corrected chi connectivity index (χ3v) is 5.15. The molecule has 0 aromatic carbocycles. The van der Waals surface area contributed by atoms with E-state index >= 15 is 0 Å². The van der Waals surface area contributed by atoms with E-state index in [9.17, 15) is 14.7 Å². The van der Waals surface area contributed by atoms with Gasteiger partial charge in [0.25, 0.3) is 0 Å². The molecule has 1 aromatic rings. The average molecular weight is 295 g/mol. The van der Waals surface area contributed by atoms with Crippen LogP contribution in [0.25, 0.3) is 0 Å². The number of aliphatic carboxylic acids is 1. The van der Waals surface area contributed by atoms with Gasteiger partial charge in [-0.05, 0) is 37.6 Å². The average Bonchev–Trinajstić information content (AvgIpc) is 2.92. The van der Waals surface area contributed by atoms with Gasteiger partial charge in [-0.1, -0.05) is 18.9 Å². The zero-order valence-corrected chi connectivity index (χ0v) is 12.5. The molecule has 2 atom stereocenters. The third kappa shape index (κ3) is 3.39. The molecule has 1 aliphatic carbocycles. The van der Waals surface area contributed by atoms with Crippen LogP contribution in [0.4, 0.5) is 0 Å². The van der Waals surface area contributed by atoms with Crippen LogP contribution in [0, 0.1) is 5.41 Å². The Morgan fingerprint density at radius 3 is 2.95 bits per heavy atom. The largest absolute Gasteiger partial charge is 0.481 e. The first-order valence-electron chi connectivity index (χ1n) is 7.07. The van der Waals surface area contributed by atoms with Crippen molar-refractivity contribution in [3.05, 3.63) is 22.4 Å². The van der Waals surface area contributed by atoms with Crippen LogP contribution < -0.4 is 5.32 Å². The molecule has 20 heavy (non-hydrogen) atoms. The lowest BCUT2D eigenvalue weighted by molar-refractivity contribution is -0.152. The van der Waals surface area contributed by atoms with Gasteiger partial charge in [-0.2, -0.15) is 0 Å². The molecule has 1 heterocycles. The van der Waals surface area contributed by atoms with Crippen molar-refractivity contribution in [2.24, 2.45) is 5.41 Å². The topological polar surface area (TPSA) is 66.4 Å². The molecule has 1 aliphatic rings. The smallest absolute Gasteiger partial charge is 0.311 e. The molecule has 0 bridgehead atoms. The van der Waals surface area contributed by atoms with E-state index in [0.717, 1.165) is 25.7 Å². The fourth-order valence-electron chi connectivity index (χ4n) is 2.78. The summed E-state index contributed by atoms with van der Waals surface area (Å²) in [6.07, 6.45) is 4.45. The van der Waals surface area contributed by atoms with Crippen molar-refractivity contribution >= 4 is 23.2 Å². The summed E-state index contributed by atoms with van der Waals surface area (Å²) in [5, 5.41) is 14.3. The number of nitrogens with one attached hydrogen (secondary N) is 1. The lowest BCUT2D eigenvalue weighted by atomic mass is 9.71. The standard InChI is InChI=1S/C15H21NO3S/c1-15(14(18)19)9-3-2-6-12(15)16-13(17)8-7-11-5-4-10-20-11/h4-5,10,12H,2-3,6-9H2,1H3,(H,16,17)(H,18,19). The summed E-state index contributed by atoms with van der Waals surface area (Å²) >= 11 is 1.64. The number of carbonyl (C=O) groups is 2. The molecule has 1 saturated carbocycles. The van der Waals surface area contributed by atoms with Crippen LogP contribution >= 0.6 is 11.3 Å². The number of thiophene rings is 1. The number of carboxylic acid groups (broad SMARTS) is 1. The minimum absolute atomic E-state index is 0.0437. The van der Waals surface area contributed by atoms with Gasteiger partial charge >= 0.3 is 5.97 Å². The Morgan fingerprint density at radius 1 is 1.50 bits per heavy atom. The van der Waals surface area contributed by atoms with E-state index in [0.29, 0.717) is 12.8 Å². The summed E-state index contributed by atoms with van der Waals surface area (Å²) in [6.45, 7) is 1.75. The number of carbonyl (C=O) groups excluding carboxylic acids is 1. The van der Waals surface area contributed by atoms with Crippen molar-refractivity contribution in [3.8, 4) is 0 Å². The van der Waals surface area contributed by atoms with E-state index in [1.807, 2.05) is 17.5 Å². The number of amides is 1. The normalized spacial score (nSPS) is 26.1. The summed E-state index contributed by atoms with van der Waals surface area (Å²) in [4.78, 5) is 24.7. The fraction of sp³-hybridized carbons (Fsp3) is 0.600. The van der Waals surface area contributed by atoms with Crippen LogP contribution in [0.3, 0.4) is 0 Å². The Bertz CT molecular complexity index is 471. The summed E-state index contributed by atoms with van der Waals surface area (Å²) in [6, 6.07) is 3.74. The van der Waals surface area contributed by atoms with Crippen LogP contribution in [0.15, 0.2) is 17.5 Å². The van der Waals surface area contributed by atoms with E-state index in [4.69, 9.17) is 0 Å². The first-order chi connectivity index (χ1) is 9.52. The van der Waals surface area contributed by atoms with Crippen molar-refractivity contribution in [2.75, 3.05) is 0 Å². The molecule has 1 fully saturated rings. The molecule has 0 aliphatic heterocycles. The van der Waals surface area contributed by atoms with Crippen LogP contribution in [-0.4, -0.2) is 23.0 Å². The number of hydrogen-bond acceptors (Lipinski definition) is 3. The van der Waals surface area contributed by atoms with Gasteiger partial charge in [-0.15, -0.1) is 11.3 Å². The molecule has 2 rings (SSSR count). The summed E-state index contributed by atoms with van der Waals surface area (Å²) in [7, 11) is 0. The van der Waals surface area contributed by atoms with Gasteiger partial charge in [-0.25, -0.2) is 0 Å². The SMILES string of the molecule is CC1(C(=O)O)CCCCC1NC(=O)CCc1cccs1. The summed E-state index contributed by atoms with van der Waals surface area (Å²) in [5.74, 6) is -0.849. The minimum Gasteiger partial charge on any atom is -0.481 e. The van der Waals surface area contributed by atoms with Crippen molar-refractivity contribution in [1.82, 2.24) is 5.32 Å². The highest BCUT2D eigenvalue weighted by Gasteiger charge is 2.43. The molecule has 5 heteroatoms. The van der Waals surface area contributed by atoms with Gasteiger partial charge in [-0.3, -0.25) is 9.59 Å². The molecule has 0 radical (unpaired) electrons. The maximum Gasteiger partial charge on any atom is 0.311 e. The number of hydrogen-bond donors (Lipinski definition) is 2. The van der Waals surface area contributed by atoms with Crippen LogP contribution in [0.2, 0.25) is 0 Å². The van der Waals surface area contributed by atoms with Crippen molar-refractivity contribution in [3.63, 3.8) is 0 Å². The molecular weight excluding hydrogens is 274 g/mol. The van der Waals surface area contributed by atoms with Gasteiger partial charge in [0.15, 0.2) is 0 Å². The molecule has 1 amide bonds. The number of aryl methyl sites for hydroxylation is 1. The van der Waals surface area contributed by atoms with E-state index in [-0.39, 0.29) is 11.9 Å². The van der Waals surface area contributed by atoms with Crippen molar-refractivity contribution in [1.29, 1.82) is 0 Å². The molecule has 110 valence electrons. The maximum absolute atomic E-state index is 12.0. The molecule has 4 nitrogen and oxygen atoms in total. The Kier molecular flexibility index (Phi) is 4.81. The first-order valence-corrected chi connectivity index (χ1v) is 7.95. The van der Waals surface area contributed by atoms with E-state index in [1.54, 1.807) is 18.3 Å². The molecular formula is C15H21NO3S. The van der Waals surface area contributed by atoms with Gasteiger partial charge in [0, 0.05) is 17.3 Å². The van der Waals surface area contributed by atoms with E-state index in [1.165, 1.54) is 4.88 Å². The monoisotopic (exact) mass is 295 g/mol. The van der Waals surface area contributed by atoms with Gasteiger partial charge < -0.3 is 10.4 Å². The van der Waals surface area contributed by atoms with Gasteiger partial charge in [0.05, 0.1) is 5.41 Å². The van der Waals surface area contributed by atoms with Crippen LogP contribution in [0.5, 0.6) is 0 Å². The quantitative estimate of drug-likeness (QED) is 0.878. The fourth-order valence-corrected chi connectivity index (χ4v) is 3.49. The van der Waals surface area contributed by atoms with E-state index in [2.05, 4.69) is 5.32 Å². The Morgan fingerprint density at radius 2 is 2.30 bits per heavy atom. The molecule has 1 aromatic heterocycles. The Balaban J connectivity index is 1.90. The molecule has 0 spiro atoms.